The standard InChI is InChI=1S/C21H21O4P.Ga/c1-16-10-4-7-13-19(16)23-26(22,24-20-14-8-5-11-17(20)2)25-21-15-9-6-12-18(21)3;/h4-15H,1-3H3;. The van der Waals surface area contributed by atoms with Crippen molar-refractivity contribution in [1.82, 2.24) is 0 Å². The Morgan fingerprint density at radius 3 is 1.07 bits per heavy atom. The first kappa shape index (κ1) is 21.2. The van der Waals surface area contributed by atoms with Crippen molar-refractivity contribution in [3.8, 4) is 17.2 Å². The third kappa shape index (κ3) is 5.45. The molecule has 3 aromatic rings. The maximum Gasteiger partial charge on any atom is 0.647 e. The maximum atomic E-state index is 13.5. The van der Waals surface area contributed by atoms with E-state index in [4.69, 9.17) is 13.6 Å². The average molecular weight is 438 g/mol. The van der Waals surface area contributed by atoms with Crippen LogP contribution < -0.4 is 13.6 Å². The molecule has 0 atom stereocenters. The van der Waals surface area contributed by atoms with E-state index in [0.717, 1.165) is 16.7 Å². The van der Waals surface area contributed by atoms with Crippen molar-refractivity contribution in [3.63, 3.8) is 0 Å². The van der Waals surface area contributed by atoms with Crippen LogP contribution in [0.1, 0.15) is 16.7 Å². The Morgan fingerprint density at radius 1 is 0.556 bits per heavy atom. The summed E-state index contributed by atoms with van der Waals surface area (Å²) in [5, 5.41) is 0. The van der Waals surface area contributed by atoms with E-state index in [0.29, 0.717) is 17.2 Å². The molecule has 0 spiro atoms. The molecule has 0 fully saturated rings. The van der Waals surface area contributed by atoms with Crippen molar-refractivity contribution in [2.75, 3.05) is 0 Å². The molecule has 0 saturated carbocycles. The van der Waals surface area contributed by atoms with Gasteiger partial charge in [-0.2, -0.15) is 4.57 Å². The molecule has 137 valence electrons. The molecular weight excluding hydrogens is 417 g/mol. The molecule has 0 saturated heterocycles. The van der Waals surface area contributed by atoms with Crippen molar-refractivity contribution >= 4 is 27.6 Å². The molecular formula is C21H21GaO4P. The van der Waals surface area contributed by atoms with Gasteiger partial charge in [-0.25, -0.2) is 0 Å². The van der Waals surface area contributed by atoms with Gasteiger partial charge >= 0.3 is 7.82 Å². The van der Waals surface area contributed by atoms with Crippen molar-refractivity contribution in [1.29, 1.82) is 0 Å². The fraction of sp³-hybridized carbons (Fsp3) is 0.143. The summed E-state index contributed by atoms with van der Waals surface area (Å²) in [5.41, 5.74) is 2.53. The number of aryl methyl sites for hydroxylation is 3. The fourth-order valence-corrected chi connectivity index (χ4v) is 3.84. The van der Waals surface area contributed by atoms with Crippen molar-refractivity contribution in [2.24, 2.45) is 0 Å². The number of hydrogen-bond donors (Lipinski definition) is 0. The smallest absolute Gasteiger partial charge is 0.386 e. The van der Waals surface area contributed by atoms with Gasteiger partial charge in [0.25, 0.3) is 0 Å². The number of para-hydroxylation sites is 3. The summed E-state index contributed by atoms with van der Waals surface area (Å²) in [6, 6.07) is 22.0. The van der Waals surface area contributed by atoms with Gasteiger partial charge in [-0.1, -0.05) is 54.6 Å². The molecule has 3 aromatic carbocycles. The molecule has 0 bridgehead atoms. The van der Waals surface area contributed by atoms with Crippen LogP contribution in [0.5, 0.6) is 17.2 Å². The molecule has 0 aliphatic heterocycles. The first-order valence-corrected chi connectivity index (χ1v) is 9.79. The van der Waals surface area contributed by atoms with Gasteiger partial charge in [0.2, 0.25) is 0 Å². The van der Waals surface area contributed by atoms with Crippen LogP contribution in [0, 0.1) is 20.8 Å². The molecule has 3 radical (unpaired) electrons. The Kier molecular flexibility index (Phi) is 7.25. The van der Waals surface area contributed by atoms with Crippen LogP contribution in [-0.4, -0.2) is 19.8 Å². The minimum absolute atomic E-state index is 0. The van der Waals surface area contributed by atoms with Gasteiger partial charge in [-0.15, -0.1) is 0 Å². The number of phosphoric ester groups is 1. The molecule has 0 unspecified atom stereocenters. The zero-order valence-electron chi connectivity index (χ0n) is 15.6. The predicted molar refractivity (Wildman–Crippen MR) is 109 cm³/mol. The SMILES string of the molecule is Cc1ccccc1OP(=O)(Oc1ccccc1C)Oc1ccccc1C.[Ga]. The third-order valence-corrected chi connectivity index (χ3v) is 5.17. The summed E-state index contributed by atoms with van der Waals surface area (Å²) in [6.45, 7) is 5.63. The Hall–Kier alpha value is -2.07. The summed E-state index contributed by atoms with van der Waals surface area (Å²) in [5.74, 6) is 1.37. The van der Waals surface area contributed by atoms with E-state index >= 15 is 0 Å². The third-order valence-electron chi connectivity index (χ3n) is 3.91. The van der Waals surface area contributed by atoms with Crippen molar-refractivity contribution in [3.05, 3.63) is 89.5 Å². The van der Waals surface area contributed by atoms with E-state index in [1.165, 1.54) is 0 Å². The van der Waals surface area contributed by atoms with Gasteiger partial charge in [-0.3, -0.25) is 0 Å². The predicted octanol–water partition coefficient (Wildman–Crippen LogP) is 5.88. The van der Waals surface area contributed by atoms with Crippen LogP contribution in [0.3, 0.4) is 0 Å². The number of benzene rings is 3. The molecule has 0 heterocycles. The maximum absolute atomic E-state index is 13.5. The normalized spacial score (nSPS) is 10.6. The molecule has 0 N–H and O–H groups in total. The van der Waals surface area contributed by atoms with Gasteiger partial charge in [0, 0.05) is 19.8 Å². The van der Waals surface area contributed by atoms with Gasteiger partial charge in [0.05, 0.1) is 0 Å². The van der Waals surface area contributed by atoms with E-state index in [1.54, 1.807) is 18.2 Å². The van der Waals surface area contributed by atoms with Crippen LogP contribution >= 0.6 is 7.82 Å². The second-order valence-corrected chi connectivity index (χ2v) is 7.46. The zero-order chi connectivity index (χ0) is 18.6. The van der Waals surface area contributed by atoms with E-state index in [2.05, 4.69) is 0 Å². The van der Waals surface area contributed by atoms with Gasteiger partial charge in [-0.05, 0) is 55.7 Å². The van der Waals surface area contributed by atoms with Gasteiger partial charge in [0.1, 0.15) is 17.2 Å². The first-order valence-electron chi connectivity index (χ1n) is 8.32. The quantitative estimate of drug-likeness (QED) is 0.357. The minimum Gasteiger partial charge on any atom is -0.386 e. The Morgan fingerprint density at radius 2 is 0.815 bits per heavy atom. The van der Waals surface area contributed by atoms with Gasteiger partial charge < -0.3 is 13.6 Å². The van der Waals surface area contributed by atoms with Crippen molar-refractivity contribution < 1.29 is 18.1 Å². The molecule has 0 aromatic heterocycles. The first-order chi connectivity index (χ1) is 12.5. The number of rotatable bonds is 6. The fourth-order valence-electron chi connectivity index (χ4n) is 2.39. The van der Waals surface area contributed by atoms with E-state index in [9.17, 15) is 4.57 Å². The molecule has 27 heavy (non-hydrogen) atoms. The van der Waals surface area contributed by atoms with Crippen LogP contribution in [0.15, 0.2) is 72.8 Å². The molecule has 0 aliphatic carbocycles. The summed E-state index contributed by atoms with van der Waals surface area (Å²) in [4.78, 5) is 0. The number of phosphoric acid groups is 1. The zero-order valence-corrected chi connectivity index (χ0v) is 18.9. The summed E-state index contributed by atoms with van der Waals surface area (Å²) in [7, 11) is -3.97. The Bertz CT molecular complexity index is 836. The van der Waals surface area contributed by atoms with Crippen LogP contribution in [0.4, 0.5) is 0 Å². The Labute approximate surface area is 173 Å². The molecule has 3 rings (SSSR count). The van der Waals surface area contributed by atoms with E-state index in [-0.39, 0.29) is 19.8 Å². The largest absolute Gasteiger partial charge is 0.647 e. The Balaban J connectivity index is 0.00000261. The topological polar surface area (TPSA) is 44.8 Å². The van der Waals surface area contributed by atoms with Crippen LogP contribution in [0.2, 0.25) is 0 Å². The monoisotopic (exact) mass is 437 g/mol. The van der Waals surface area contributed by atoms with Crippen LogP contribution in [0.25, 0.3) is 0 Å². The van der Waals surface area contributed by atoms with Crippen LogP contribution in [-0.2, 0) is 4.57 Å². The number of hydrogen-bond acceptors (Lipinski definition) is 4. The van der Waals surface area contributed by atoms with E-state index < -0.39 is 7.82 Å². The summed E-state index contributed by atoms with van der Waals surface area (Å²) >= 11 is 0. The van der Waals surface area contributed by atoms with Gasteiger partial charge in [0.15, 0.2) is 0 Å². The second-order valence-electron chi connectivity index (χ2n) is 6.02. The minimum atomic E-state index is -3.97. The summed E-state index contributed by atoms with van der Waals surface area (Å²) in [6.07, 6.45) is 0. The molecule has 0 amide bonds. The average Bonchev–Trinajstić information content (AvgIpc) is 2.61. The molecule has 6 heteroatoms. The summed E-state index contributed by atoms with van der Waals surface area (Å²) < 4.78 is 30.8. The molecule has 0 aliphatic rings. The second kappa shape index (κ2) is 9.22. The molecule has 4 nitrogen and oxygen atoms in total. The van der Waals surface area contributed by atoms with E-state index in [1.807, 2.05) is 75.4 Å². The van der Waals surface area contributed by atoms with Crippen molar-refractivity contribution in [2.45, 2.75) is 20.8 Å².